The van der Waals surface area contributed by atoms with Gasteiger partial charge < -0.3 is 10.6 Å². The van der Waals surface area contributed by atoms with Gasteiger partial charge in [-0.15, -0.1) is 11.8 Å². The maximum Gasteiger partial charge on any atom is 0.314 e. The number of amides is 2. The second-order valence-corrected chi connectivity index (χ2v) is 5.23. The van der Waals surface area contributed by atoms with Gasteiger partial charge in [-0.1, -0.05) is 12.1 Å². The minimum atomic E-state index is -0.382. The molecule has 1 heterocycles. The lowest BCUT2D eigenvalue weighted by Crippen LogP contribution is -2.31. The van der Waals surface area contributed by atoms with Gasteiger partial charge in [-0.05, 0) is 35.8 Å². The van der Waals surface area contributed by atoms with Crippen LogP contribution in [0.4, 0.5) is 4.79 Å². The molecular formula is C12H16N2OS. The van der Waals surface area contributed by atoms with Crippen LogP contribution in [0.1, 0.15) is 17.5 Å². The standard InChI is InChI=1S/C12H16N2OS/c1-14(12(13)15)8-9-4-5-11-10(7-9)3-2-6-16-11/h4-5,7H,2-3,6,8H2,1H3,(H2,13,15). The number of urea groups is 1. The van der Waals surface area contributed by atoms with Gasteiger partial charge in [-0.3, -0.25) is 0 Å². The second kappa shape index (κ2) is 4.78. The van der Waals surface area contributed by atoms with Crippen molar-refractivity contribution in [3.05, 3.63) is 29.3 Å². The Bertz CT molecular complexity index is 406. The van der Waals surface area contributed by atoms with Crippen molar-refractivity contribution >= 4 is 17.8 Å². The topological polar surface area (TPSA) is 46.3 Å². The van der Waals surface area contributed by atoms with Crippen LogP contribution in [0, 0.1) is 0 Å². The Hall–Kier alpha value is -1.16. The molecule has 0 spiro atoms. The van der Waals surface area contributed by atoms with Gasteiger partial charge >= 0.3 is 6.03 Å². The van der Waals surface area contributed by atoms with Crippen molar-refractivity contribution in [2.75, 3.05) is 12.8 Å². The number of nitrogens with zero attached hydrogens (tertiary/aromatic N) is 1. The number of hydrogen-bond acceptors (Lipinski definition) is 2. The second-order valence-electron chi connectivity index (χ2n) is 4.09. The molecule has 0 saturated heterocycles. The molecule has 1 aliphatic rings. The van der Waals surface area contributed by atoms with Crippen molar-refractivity contribution in [2.45, 2.75) is 24.3 Å². The van der Waals surface area contributed by atoms with E-state index in [2.05, 4.69) is 18.2 Å². The minimum absolute atomic E-state index is 0.382. The zero-order chi connectivity index (χ0) is 11.5. The highest BCUT2D eigenvalue weighted by atomic mass is 32.2. The van der Waals surface area contributed by atoms with E-state index in [9.17, 15) is 4.79 Å². The predicted octanol–water partition coefficient (Wildman–Crippen LogP) is 2.24. The Morgan fingerprint density at radius 2 is 2.38 bits per heavy atom. The van der Waals surface area contributed by atoms with Crippen LogP contribution in [0.25, 0.3) is 0 Å². The molecule has 0 aliphatic carbocycles. The smallest absolute Gasteiger partial charge is 0.314 e. The number of fused-ring (bicyclic) bond motifs is 1. The van der Waals surface area contributed by atoms with Crippen molar-refractivity contribution in [2.24, 2.45) is 5.73 Å². The summed E-state index contributed by atoms with van der Waals surface area (Å²) in [5.41, 5.74) is 7.77. The number of primary amides is 1. The molecule has 2 rings (SSSR count). The summed E-state index contributed by atoms with van der Waals surface area (Å²) < 4.78 is 0. The largest absolute Gasteiger partial charge is 0.351 e. The first-order chi connectivity index (χ1) is 7.66. The number of rotatable bonds is 2. The van der Waals surface area contributed by atoms with Gasteiger partial charge in [0.25, 0.3) is 0 Å². The molecule has 1 aromatic carbocycles. The molecule has 16 heavy (non-hydrogen) atoms. The van der Waals surface area contributed by atoms with E-state index in [4.69, 9.17) is 5.73 Å². The summed E-state index contributed by atoms with van der Waals surface area (Å²) in [5, 5.41) is 0. The molecule has 2 N–H and O–H groups in total. The van der Waals surface area contributed by atoms with E-state index >= 15 is 0 Å². The molecule has 86 valence electrons. The lowest BCUT2D eigenvalue weighted by atomic mass is 10.1. The maximum absolute atomic E-state index is 10.9. The van der Waals surface area contributed by atoms with Crippen molar-refractivity contribution in [1.29, 1.82) is 0 Å². The van der Waals surface area contributed by atoms with Gasteiger partial charge in [0.15, 0.2) is 0 Å². The van der Waals surface area contributed by atoms with Gasteiger partial charge in [0.1, 0.15) is 0 Å². The molecule has 0 radical (unpaired) electrons. The average Bonchev–Trinajstić information content (AvgIpc) is 2.28. The SMILES string of the molecule is CN(Cc1ccc2c(c1)CCCS2)C(N)=O. The Kier molecular flexibility index (Phi) is 3.39. The summed E-state index contributed by atoms with van der Waals surface area (Å²) in [6.45, 7) is 0.591. The van der Waals surface area contributed by atoms with Crippen molar-refractivity contribution < 1.29 is 4.79 Å². The summed E-state index contributed by atoms with van der Waals surface area (Å²) in [4.78, 5) is 13.8. The molecular weight excluding hydrogens is 220 g/mol. The number of nitrogens with two attached hydrogens (primary N) is 1. The number of aryl methyl sites for hydroxylation is 1. The van der Waals surface area contributed by atoms with Gasteiger partial charge in [-0.2, -0.15) is 0 Å². The highest BCUT2D eigenvalue weighted by molar-refractivity contribution is 7.99. The van der Waals surface area contributed by atoms with Crippen LogP contribution >= 0.6 is 11.8 Å². The first kappa shape index (κ1) is 11.3. The fourth-order valence-corrected chi connectivity index (χ4v) is 2.88. The fraction of sp³-hybridized carbons (Fsp3) is 0.417. The summed E-state index contributed by atoms with van der Waals surface area (Å²) in [5.74, 6) is 1.22. The molecule has 0 saturated carbocycles. The van der Waals surface area contributed by atoms with Crippen molar-refractivity contribution in [3.8, 4) is 0 Å². The van der Waals surface area contributed by atoms with Crippen LogP contribution in [0.2, 0.25) is 0 Å². The first-order valence-electron chi connectivity index (χ1n) is 5.42. The molecule has 2 amide bonds. The molecule has 1 aliphatic heterocycles. The van der Waals surface area contributed by atoms with Crippen LogP contribution in [-0.2, 0) is 13.0 Å². The number of benzene rings is 1. The molecule has 0 fully saturated rings. The monoisotopic (exact) mass is 236 g/mol. The normalized spacial score (nSPS) is 14.3. The van der Waals surface area contributed by atoms with E-state index in [1.165, 1.54) is 27.5 Å². The van der Waals surface area contributed by atoms with Gasteiger partial charge in [-0.25, -0.2) is 4.79 Å². The number of hydrogen-bond donors (Lipinski definition) is 1. The van der Waals surface area contributed by atoms with E-state index < -0.39 is 0 Å². The lowest BCUT2D eigenvalue weighted by Gasteiger charge is -2.18. The first-order valence-corrected chi connectivity index (χ1v) is 6.40. The molecule has 0 unspecified atom stereocenters. The molecule has 0 bridgehead atoms. The molecule has 1 aromatic rings. The number of thioether (sulfide) groups is 1. The third-order valence-electron chi connectivity index (χ3n) is 2.77. The van der Waals surface area contributed by atoms with Crippen LogP contribution in [-0.4, -0.2) is 23.7 Å². The third-order valence-corrected chi connectivity index (χ3v) is 3.97. The summed E-state index contributed by atoms with van der Waals surface area (Å²) in [6.07, 6.45) is 2.39. The quantitative estimate of drug-likeness (QED) is 0.856. The van der Waals surface area contributed by atoms with E-state index in [0.717, 1.165) is 12.0 Å². The molecule has 4 heteroatoms. The van der Waals surface area contributed by atoms with Gasteiger partial charge in [0.2, 0.25) is 0 Å². The van der Waals surface area contributed by atoms with Crippen molar-refractivity contribution in [3.63, 3.8) is 0 Å². The van der Waals surface area contributed by atoms with E-state index in [-0.39, 0.29) is 6.03 Å². The fourth-order valence-electron chi connectivity index (χ4n) is 1.86. The molecule has 3 nitrogen and oxygen atoms in total. The zero-order valence-electron chi connectivity index (χ0n) is 9.40. The van der Waals surface area contributed by atoms with E-state index in [1.807, 2.05) is 11.8 Å². The van der Waals surface area contributed by atoms with E-state index in [0.29, 0.717) is 6.54 Å². The Balaban J connectivity index is 2.14. The Labute approximate surface area is 100.0 Å². The third kappa shape index (κ3) is 2.50. The van der Waals surface area contributed by atoms with Crippen LogP contribution in [0.3, 0.4) is 0 Å². The lowest BCUT2D eigenvalue weighted by molar-refractivity contribution is 0.216. The highest BCUT2D eigenvalue weighted by Crippen LogP contribution is 2.30. The van der Waals surface area contributed by atoms with Crippen LogP contribution in [0.15, 0.2) is 23.1 Å². The molecule has 0 atom stereocenters. The van der Waals surface area contributed by atoms with Gasteiger partial charge in [0.05, 0.1) is 0 Å². The molecule has 0 aromatic heterocycles. The van der Waals surface area contributed by atoms with E-state index in [1.54, 1.807) is 7.05 Å². The van der Waals surface area contributed by atoms with Crippen LogP contribution < -0.4 is 5.73 Å². The minimum Gasteiger partial charge on any atom is -0.351 e. The van der Waals surface area contributed by atoms with Crippen molar-refractivity contribution in [1.82, 2.24) is 4.90 Å². The van der Waals surface area contributed by atoms with Gasteiger partial charge in [0, 0.05) is 18.5 Å². The Morgan fingerprint density at radius 1 is 1.56 bits per heavy atom. The predicted molar refractivity (Wildman–Crippen MR) is 66.5 cm³/mol. The number of carbonyl (C=O) groups excluding carboxylic acids is 1. The average molecular weight is 236 g/mol. The summed E-state index contributed by atoms with van der Waals surface area (Å²) >= 11 is 1.92. The Morgan fingerprint density at radius 3 is 3.12 bits per heavy atom. The number of carbonyl (C=O) groups is 1. The zero-order valence-corrected chi connectivity index (χ0v) is 10.2. The van der Waals surface area contributed by atoms with Crippen LogP contribution in [0.5, 0.6) is 0 Å². The highest BCUT2D eigenvalue weighted by Gasteiger charge is 2.11. The summed E-state index contributed by atoms with van der Waals surface area (Å²) in [6, 6.07) is 6.05. The summed E-state index contributed by atoms with van der Waals surface area (Å²) in [7, 11) is 1.72. The maximum atomic E-state index is 10.9.